The van der Waals surface area contributed by atoms with Gasteiger partial charge in [0, 0.05) is 6.42 Å². The SMILES string of the molecule is CC(C)(F)C[C@H](N[C@@H](c1ccc(-c2ccc(C(C)(O)C(F)F)cc2)cc1)C(F)(F)F)C(=O)NC1(C#N)CC1. The first-order valence-electron chi connectivity index (χ1n) is 11.9. The zero-order valence-electron chi connectivity index (χ0n) is 21.0. The Kier molecular flexibility index (Phi) is 8.20. The van der Waals surface area contributed by atoms with Crippen molar-refractivity contribution < 1.29 is 36.2 Å². The molecule has 0 spiro atoms. The predicted molar refractivity (Wildman–Crippen MR) is 129 cm³/mol. The van der Waals surface area contributed by atoms with Crippen LogP contribution in [0.5, 0.6) is 0 Å². The summed E-state index contributed by atoms with van der Waals surface area (Å²) in [6.45, 7) is 3.28. The van der Waals surface area contributed by atoms with Gasteiger partial charge in [-0.05, 0) is 55.9 Å². The van der Waals surface area contributed by atoms with E-state index in [0.29, 0.717) is 24.0 Å². The highest BCUT2D eigenvalue weighted by atomic mass is 19.4. The largest absolute Gasteiger partial charge is 0.407 e. The topological polar surface area (TPSA) is 85.2 Å². The Morgan fingerprint density at radius 1 is 1.00 bits per heavy atom. The van der Waals surface area contributed by atoms with Crippen molar-refractivity contribution in [3.8, 4) is 17.2 Å². The highest BCUT2D eigenvalue weighted by molar-refractivity contribution is 5.83. The van der Waals surface area contributed by atoms with Crippen LogP contribution in [0.2, 0.25) is 0 Å². The fraction of sp³-hybridized carbons (Fsp3) is 0.481. The van der Waals surface area contributed by atoms with Gasteiger partial charge in [0.25, 0.3) is 6.43 Å². The molecule has 1 amide bonds. The molecule has 0 bridgehead atoms. The summed E-state index contributed by atoms with van der Waals surface area (Å²) in [6.07, 6.45) is -7.67. The third kappa shape index (κ3) is 7.05. The normalized spacial score (nSPS) is 18.3. The molecule has 0 saturated heterocycles. The second-order valence-corrected chi connectivity index (χ2v) is 10.4. The Bertz CT molecular complexity index is 1160. The maximum Gasteiger partial charge on any atom is 0.407 e. The van der Waals surface area contributed by atoms with Crippen molar-refractivity contribution in [2.45, 2.75) is 81.5 Å². The molecule has 1 fully saturated rings. The van der Waals surface area contributed by atoms with Crippen molar-refractivity contribution in [2.24, 2.45) is 0 Å². The average Bonchev–Trinajstić information content (AvgIpc) is 3.60. The van der Waals surface area contributed by atoms with Crippen LogP contribution < -0.4 is 10.6 Å². The van der Waals surface area contributed by atoms with Crippen LogP contribution in [-0.2, 0) is 10.4 Å². The highest BCUT2D eigenvalue weighted by Crippen LogP contribution is 2.37. The number of halogens is 6. The number of benzene rings is 2. The highest BCUT2D eigenvalue weighted by Gasteiger charge is 2.48. The van der Waals surface area contributed by atoms with Crippen molar-refractivity contribution in [2.75, 3.05) is 0 Å². The van der Waals surface area contributed by atoms with Crippen molar-refractivity contribution in [3.05, 3.63) is 59.7 Å². The molecular weight excluding hydrogens is 512 g/mol. The number of nitrogens with zero attached hydrogens (tertiary/aromatic N) is 1. The van der Waals surface area contributed by atoms with E-state index in [1.807, 2.05) is 6.07 Å². The third-order valence-electron chi connectivity index (χ3n) is 6.50. The van der Waals surface area contributed by atoms with E-state index in [0.717, 1.165) is 20.8 Å². The number of carbonyl (C=O) groups is 1. The number of alkyl halides is 6. The van der Waals surface area contributed by atoms with Gasteiger partial charge in [-0.2, -0.15) is 18.4 Å². The molecule has 3 N–H and O–H groups in total. The van der Waals surface area contributed by atoms with E-state index >= 15 is 0 Å². The minimum atomic E-state index is -4.84. The molecular formula is C27H29F6N3O2. The predicted octanol–water partition coefficient (Wildman–Crippen LogP) is 5.70. The minimum absolute atomic E-state index is 0.0151. The van der Waals surface area contributed by atoms with Crippen molar-refractivity contribution in [1.82, 2.24) is 10.6 Å². The molecule has 0 aliphatic heterocycles. The van der Waals surface area contributed by atoms with Gasteiger partial charge in [0.05, 0.1) is 12.1 Å². The van der Waals surface area contributed by atoms with Gasteiger partial charge in [-0.1, -0.05) is 48.5 Å². The van der Waals surface area contributed by atoms with Crippen molar-refractivity contribution in [3.63, 3.8) is 0 Å². The quantitative estimate of drug-likeness (QED) is 0.337. The smallest absolute Gasteiger partial charge is 0.379 e. The summed E-state index contributed by atoms with van der Waals surface area (Å²) in [5, 5.41) is 23.8. The molecule has 2 aromatic carbocycles. The van der Waals surface area contributed by atoms with E-state index in [2.05, 4.69) is 10.6 Å². The molecule has 38 heavy (non-hydrogen) atoms. The van der Waals surface area contributed by atoms with Gasteiger partial charge in [0.2, 0.25) is 5.91 Å². The van der Waals surface area contributed by atoms with Crippen LogP contribution in [0, 0.1) is 11.3 Å². The van der Waals surface area contributed by atoms with Gasteiger partial charge < -0.3 is 10.4 Å². The van der Waals surface area contributed by atoms with Crippen LogP contribution >= 0.6 is 0 Å². The summed E-state index contributed by atoms with van der Waals surface area (Å²) in [5.74, 6) is -0.889. The lowest BCUT2D eigenvalue weighted by atomic mass is 9.93. The van der Waals surface area contributed by atoms with E-state index in [9.17, 15) is 41.5 Å². The second kappa shape index (κ2) is 10.6. The van der Waals surface area contributed by atoms with E-state index in [1.54, 1.807) is 0 Å². The molecule has 5 nitrogen and oxygen atoms in total. The van der Waals surface area contributed by atoms with Crippen LogP contribution in [0.25, 0.3) is 11.1 Å². The summed E-state index contributed by atoms with van der Waals surface area (Å²) in [4.78, 5) is 12.8. The number of hydrogen-bond donors (Lipinski definition) is 3. The van der Waals surface area contributed by atoms with Gasteiger partial charge in [0.1, 0.15) is 22.9 Å². The number of nitrogens with one attached hydrogen (secondary N) is 2. The number of hydrogen-bond acceptors (Lipinski definition) is 4. The van der Waals surface area contributed by atoms with Gasteiger partial charge in [-0.25, -0.2) is 13.2 Å². The summed E-state index contributed by atoms with van der Waals surface area (Å²) in [5.41, 5.74) is -4.69. The number of aliphatic hydroxyl groups is 1. The van der Waals surface area contributed by atoms with Crippen LogP contribution in [-0.4, -0.2) is 40.9 Å². The number of carbonyl (C=O) groups excluding carboxylic acids is 1. The summed E-state index contributed by atoms with van der Waals surface area (Å²) in [6, 6.07) is 8.82. The van der Waals surface area contributed by atoms with Gasteiger partial charge in [-0.15, -0.1) is 0 Å². The fourth-order valence-electron chi connectivity index (χ4n) is 4.00. The standard InChI is InChI=1S/C27H29F6N3O2/c1-24(2,30)14-20(22(37)36-26(15-34)12-13-26)35-21(27(31,32)33)18-6-4-16(5-7-18)17-8-10-19(11-9-17)25(3,38)23(28)29/h4-11,20-21,23,35,38H,12-14H2,1-3H3,(H,36,37)/t20-,21-,25?/m0/s1. The third-order valence-corrected chi connectivity index (χ3v) is 6.50. The van der Waals surface area contributed by atoms with E-state index in [-0.39, 0.29) is 11.1 Å². The zero-order valence-corrected chi connectivity index (χ0v) is 21.0. The van der Waals surface area contributed by atoms with Gasteiger partial charge in [-0.3, -0.25) is 10.1 Å². The van der Waals surface area contributed by atoms with Crippen LogP contribution in [0.15, 0.2) is 48.5 Å². The Morgan fingerprint density at radius 3 is 1.89 bits per heavy atom. The number of amides is 1. The molecule has 3 atom stereocenters. The molecule has 1 aliphatic rings. The average molecular weight is 542 g/mol. The Labute approximate surface area is 216 Å². The summed E-state index contributed by atoms with van der Waals surface area (Å²) < 4.78 is 82.9. The first kappa shape index (κ1) is 29.5. The lowest BCUT2D eigenvalue weighted by Crippen LogP contribution is -2.53. The molecule has 0 heterocycles. The van der Waals surface area contributed by atoms with E-state index in [4.69, 9.17) is 0 Å². The fourth-order valence-corrected chi connectivity index (χ4v) is 4.00. The maximum absolute atomic E-state index is 14.4. The molecule has 206 valence electrons. The Hall–Kier alpha value is -3.10. The van der Waals surface area contributed by atoms with Crippen LogP contribution in [0.3, 0.4) is 0 Å². The van der Waals surface area contributed by atoms with Crippen LogP contribution in [0.4, 0.5) is 26.3 Å². The minimum Gasteiger partial charge on any atom is -0.379 e. The molecule has 1 aliphatic carbocycles. The number of rotatable bonds is 10. The summed E-state index contributed by atoms with van der Waals surface area (Å²) >= 11 is 0. The van der Waals surface area contributed by atoms with E-state index in [1.165, 1.54) is 48.5 Å². The lowest BCUT2D eigenvalue weighted by Gasteiger charge is -2.30. The number of nitriles is 1. The first-order chi connectivity index (χ1) is 17.5. The molecule has 1 saturated carbocycles. The molecule has 1 unspecified atom stereocenters. The first-order valence-corrected chi connectivity index (χ1v) is 11.9. The van der Waals surface area contributed by atoms with Crippen LogP contribution in [0.1, 0.15) is 57.2 Å². The van der Waals surface area contributed by atoms with Gasteiger partial charge >= 0.3 is 6.18 Å². The molecule has 0 aromatic heterocycles. The monoisotopic (exact) mass is 541 g/mol. The van der Waals surface area contributed by atoms with Crippen molar-refractivity contribution >= 4 is 5.91 Å². The second-order valence-electron chi connectivity index (χ2n) is 10.4. The lowest BCUT2D eigenvalue weighted by molar-refractivity contribution is -0.161. The van der Waals surface area contributed by atoms with E-state index < -0.39 is 53.8 Å². The summed E-state index contributed by atoms with van der Waals surface area (Å²) in [7, 11) is 0. The zero-order chi connectivity index (χ0) is 28.5. The van der Waals surface area contributed by atoms with Crippen molar-refractivity contribution in [1.29, 1.82) is 5.26 Å². The maximum atomic E-state index is 14.4. The van der Waals surface area contributed by atoms with Gasteiger partial charge in [0.15, 0.2) is 0 Å². The Morgan fingerprint density at radius 2 is 1.50 bits per heavy atom. The molecule has 2 aromatic rings. The molecule has 0 radical (unpaired) electrons. The molecule has 11 heteroatoms. The molecule has 3 rings (SSSR count). The Balaban J connectivity index is 1.85.